The topological polar surface area (TPSA) is 63.3 Å². The molecule has 3 nitrogen and oxygen atoms in total. The minimum atomic E-state index is -0.610. The van der Waals surface area contributed by atoms with Gasteiger partial charge in [0.15, 0.2) is 0 Å². The average molecular weight is 402 g/mol. The third kappa shape index (κ3) is 4.49. The van der Waals surface area contributed by atoms with E-state index in [1.54, 1.807) is 0 Å². The Morgan fingerprint density at radius 3 is 2.18 bits per heavy atom. The number of thiophene rings is 1. The lowest BCUT2D eigenvalue weighted by Gasteiger charge is -2.32. The van der Waals surface area contributed by atoms with Crippen molar-refractivity contribution in [1.82, 2.24) is 0 Å². The van der Waals surface area contributed by atoms with Crippen LogP contribution in [0, 0.1) is 13.8 Å². The molecule has 1 unspecified atom stereocenters. The Balaban J connectivity index is 2.42. The molecule has 28 heavy (non-hydrogen) atoms. The van der Waals surface area contributed by atoms with Crippen molar-refractivity contribution >= 4 is 17.2 Å². The third-order valence-corrected chi connectivity index (χ3v) is 7.87. The van der Waals surface area contributed by atoms with Gasteiger partial charge in [0.05, 0.1) is 10.5 Å². The summed E-state index contributed by atoms with van der Waals surface area (Å²) in [5.41, 5.74) is 9.66. The quantitative estimate of drug-likeness (QED) is 0.569. The van der Waals surface area contributed by atoms with Crippen molar-refractivity contribution in [1.29, 1.82) is 0 Å². The van der Waals surface area contributed by atoms with Gasteiger partial charge in [-0.2, -0.15) is 0 Å². The minimum Gasteiger partial charge on any atom is -0.390 e. The minimum absolute atomic E-state index is 0.110. The van der Waals surface area contributed by atoms with Gasteiger partial charge >= 0.3 is 0 Å². The molecular weight excluding hydrogens is 366 g/mol. The predicted molar refractivity (Wildman–Crippen MR) is 119 cm³/mol. The first-order valence-corrected chi connectivity index (χ1v) is 11.1. The summed E-state index contributed by atoms with van der Waals surface area (Å²) in [5.74, 6) is -0.343. The first-order valence-electron chi connectivity index (χ1n) is 10.3. The fourth-order valence-corrected chi connectivity index (χ4v) is 5.34. The Kier molecular flexibility index (Phi) is 7.11. The summed E-state index contributed by atoms with van der Waals surface area (Å²) in [7, 11) is 0. The van der Waals surface area contributed by atoms with Crippen molar-refractivity contribution in [3.05, 3.63) is 56.3 Å². The van der Waals surface area contributed by atoms with Crippen molar-refractivity contribution < 1.29 is 9.90 Å². The van der Waals surface area contributed by atoms with E-state index < -0.39 is 5.60 Å². The monoisotopic (exact) mass is 401 g/mol. The average Bonchev–Trinajstić information content (AvgIpc) is 3.05. The number of benzene rings is 1. The number of aryl methyl sites for hydroxylation is 3. The van der Waals surface area contributed by atoms with Crippen molar-refractivity contribution in [2.24, 2.45) is 5.73 Å². The molecule has 2 aromatic rings. The van der Waals surface area contributed by atoms with Gasteiger partial charge in [0.1, 0.15) is 0 Å². The maximum atomic E-state index is 11.8. The van der Waals surface area contributed by atoms with Crippen LogP contribution in [0.2, 0.25) is 0 Å². The van der Waals surface area contributed by atoms with Crippen molar-refractivity contribution in [2.45, 2.75) is 84.7 Å². The highest BCUT2D eigenvalue weighted by atomic mass is 32.1. The SMILES string of the molecule is CCC(C)(O)CCc1ccc(C(CC)(CC)c2cc(C)c(C(N)=O)s2)cc1C. The molecule has 0 bridgehead atoms. The summed E-state index contributed by atoms with van der Waals surface area (Å²) in [6.07, 6.45) is 4.33. The van der Waals surface area contributed by atoms with E-state index in [-0.39, 0.29) is 11.3 Å². The van der Waals surface area contributed by atoms with Crippen LogP contribution < -0.4 is 5.73 Å². The second-order valence-corrected chi connectivity index (χ2v) is 9.32. The smallest absolute Gasteiger partial charge is 0.259 e. The van der Waals surface area contributed by atoms with Gasteiger partial charge in [-0.1, -0.05) is 39.0 Å². The Hall–Kier alpha value is -1.65. The molecule has 4 heteroatoms. The fraction of sp³-hybridized carbons (Fsp3) is 0.542. The number of carbonyl (C=O) groups excluding carboxylic acids is 1. The molecule has 1 aromatic carbocycles. The zero-order valence-electron chi connectivity index (χ0n) is 18.2. The van der Waals surface area contributed by atoms with Gasteiger partial charge in [-0.25, -0.2) is 0 Å². The lowest BCUT2D eigenvalue weighted by Crippen LogP contribution is -2.25. The van der Waals surface area contributed by atoms with Crippen LogP contribution in [-0.4, -0.2) is 16.6 Å². The summed E-state index contributed by atoms with van der Waals surface area (Å²) >= 11 is 1.54. The molecule has 1 heterocycles. The predicted octanol–water partition coefficient (Wildman–Crippen LogP) is 5.66. The standard InChI is InChI=1S/C24H35NO2S/c1-7-23(6,27)13-12-18-10-11-19(14-16(18)4)24(8-2,9-3)20-15-17(5)21(28-20)22(25)26/h10-11,14-15,27H,7-9,12-13H2,1-6H3,(H2,25,26). The van der Waals surface area contributed by atoms with Gasteiger partial charge in [-0.3, -0.25) is 4.79 Å². The number of amides is 1. The van der Waals surface area contributed by atoms with E-state index in [9.17, 15) is 9.90 Å². The van der Waals surface area contributed by atoms with Crippen molar-refractivity contribution in [3.8, 4) is 0 Å². The van der Waals surface area contributed by atoms with E-state index in [4.69, 9.17) is 5.73 Å². The van der Waals surface area contributed by atoms with Crippen LogP contribution in [0.4, 0.5) is 0 Å². The van der Waals surface area contributed by atoms with E-state index >= 15 is 0 Å². The lowest BCUT2D eigenvalue weighted by molar-refractivity contribution is 0.0473. The number of hydrogen-bond donors (Lipinski definition) is 2. The van der Waals surface area contributed by atoms with E-state index in [1.807, 2.05) is 20.8 Å². The summed E-state index contributed by atoms with van der Waals surface area (Å²) in [6, 6.07) is 8.88. The second-order valence-electron chi connectivity index (χ2n) is 8.27. The summed E-state index contributed by atoms with van der Waals surface area (Å²) < 4.78 is 0. The molecule has 0 fully saturated rings. The summed E-state index contributed by atoms with van der Waals surface area (Å²) in [6.45, 7) is 12.5. The van der Waals surface area contributed by atoms with Gasteiger partial charge in [-0.15, -0.1) is 11.3 Å². The third-order valence-electron chi connectivity index (χ3n) is 6.41. The zero-order chi connectivity index (χ0) is 21.1. The molecule has 0 saturated heterocycles. The van der Waals surface area contributed by atoms with Crippen molar-refractivity contribution in [3.63, 3.8) is 0 Å². The van der Waals surface area contributed by atoms with Gasteiger partial charge in [0, 0.05) is 10.3 Å². The molecule has 2 rings (SSSR count). The molecule has 1 aromatic heterocycles. The molecule has 0 aliphatic heterocycles. The molecule has 1 atom stereocenters. The van der Waals surface area contributed by atoms with Crippen LogP contribution in [0.5, 0.6) is 0 Å². The maximum Gasteiger partial charge on any atom is 0.259 e. The zero-order valence-corrected chi connectivity index (χ0v) is 19.0. The summed E-state index contributed by atoms with van der Waals surface area (Å²) in [4.78, 5) is 13.6. The lowest BCUT2D eigenvalue weighted by atomic mass is 9.73. The number of carbonyl (C=O) groups is 1. The second kappa shape index (κ2) is 8.79. The Labute approximate surface area is 174 Å². The highest BCUT2D eigenvalue weighted by molar-refractivity contribution is 7.14. The van der Waals surface area contributed by atoms with Gasteiger partial charge in [0.2, 0.25) is 0 Å². The number of hydrogen-bond acceptors (Lipinski definition) is 3. The van der Waals surface area contributed by atoms with Crippen LogP contribution in [0.25, 0.3) is 0 Å². The molecule has 0 radical (unpaired) electrons. The van der Waals surface area contributed by atoms with E-state index in [0.717, 1.165) is 37.7 Å². The molecule has 0 aliphatic rings. The molecule has 0 spiro atoms. The van der Waals surface area contributed by atoms with E-state index in [0.29, 0.717) is 4.88 Å². The largest absolute Gasteiger partial charge is 0.390 e. The van der Waals surface area contributed by atoms with Gasteiger partial charge in [-0.05, 0) is 81.2 Å². The van der Waals surface area contributed by atoms with E-state index in [2.05, 4.69) is 45.0 Å². The first kappa shape index (κ1) is 22.6. The van der Waals surface area contributed by atoms with Crippen LogP contribution in [0.3, 0.4) is 0 Å². The van der Waals surface area contributed by atoms with Crippen LogP contribution in [-0.2, 0) is 11.8 Å². The first-order chi connectivity index (χ1) is 13.1. The normalized spacial score (nSPS) is 14.1. The van der Waals surface area contributed by atoms with Crippen LogP contribution in [0.15, 0.2) is 24.3 Å². The molecule has 3 N–H and O–H groups in total. The Bertz CT molecular complexity index is 831. The highest BCUT2D eigenvalue weighted by Gasteiger charge is 2.33. The van der Waals surface area contributed by atoms with Crippen molar-refractivity contribution in [2.75, 3.05) is 0 Å². The molecular formula is C24H35NO2S. The molecule has 154 valence electrons. The highest BCUT2D eigenvalue weighted by Crippen LogP contribution is 2.43. The van der Waals surface area contributed by atoms with Gasteiger partial charge < -0.3 is 10.8 Å². The Morgan fingerprint density at radius 1 is 1.07 bits per heavy atom. The molecule has 1 amide bonds. The number of primary amides is 1. The number of rotatable bonds is 9. The van der Waals surface area contributed by atoms with Crippen LogP contribution >= 0.6 is 11.3 Å². The Morgan fingerprint density at radius 2 is 1.71 bits per heavy atom. The summed E-state index contributed by atoms with van der Waals surface area (Å²) in [5, 5.41) is 10.3. The fourth-order valence-electron chi connectivity index (χ4n) is 3.97. The van der Waals surface area contributed by atoms with Gasteiger partial charge in [0.25, 0.3) is 5.91 Å². The van der Waals surface area contributed by atoms with E-state index in [1.165, 1.54) is 32.9 Å². The van der Waals surface area contributed by atoms with Crippen LogP contribution in [0.1, 0.15) is 90.2 Å². The molecule has 0 saturated carbocycles. The number of nitrogens with two attached hydrogens (primary N) is 1. The maximum absolute atomic E-state index is 11.8. The molecule has 0 aliphatic carbocycles. The number of aliphatic hydroxyl groups is 1.